The fourth-order valence-electron chi connectivity index (χ4n) is 6.82. The number of allylic oxidation sites excluding steroid dienone is 5. The number of aliphatic hydroxyl groups is 6. The summed E-state index contributed by atoms with van der Waals surface area (Å²) in [6.45, 7) is 3.56. The van der Waals surface area contributed by atoms with Crippen LogP contribution in [-0.2, 0) is 14.3 Å². The van der Waals surface area contributed by atoms with Crippen LogP contribution in [0.1, 0.15) is 181 Å². The van der Waals surface area contributed by atoms with Crippen molar-refractivity contribution in [3.05, 3.63) is 36.5 Å². The van der Waals surface area contributed by atoms with Crippen molar-refractivity contribution in [2.45, 2.75) is 230 Å². The van der Waals surface area contributed by atoms with Gasteiger partial charge in [0.2, 0.25) is 5.91 Å². The molecular weight excluding hydrogens is 698 g/mol. The molecule has 0 radical (unpaired) electrons. The maximum absolute atomic E-state index is 13.0. The van der Waals surface area contributed by atoms with Crippen LogP contribution in [0.4, 0.5) is 0 Å². The second-order valence-electron chi connectivity index (χ2n) is 15.6. The van der Waals surface area contributed by atoms with Crippen molar-refractivity contribution >= 4 is 5.91 Å². The number of carbonyl (C=O) groups excluding carboxylic acids is 1. The molecule has 0 spiro atoms. The molecule has 1 saturated heterocycles. The standard InChI is InChI=1S/C45H83NO9/c1-3-5-7-9-11-13-15-17-19-21-23-25-27-29-31-33-38(48)37(36-54-45-43(52)42(51)41(50)40(35-47)55-45)46-44(53)39(49)34-32-30-28-26-24-22-20-18-16-14-12-10-8-6-4-2/h20,22-23,25,31,33,37-43,45,47-52H,3-19,21,24,26-30,32,34-36H2,1-2H3,(H,46,53)/b22-20-,25-23+,33-31+. The van der Waals surface area contributed by atoms with Gasteiger partial charge in [0.15, 0.2) is 6.29 Å². The predicted octanol–water partition coefficient (Wildman–Crippen LogP) is 7.86. The first-order chi connectivity index (χ1) is 26.8. The summed E-state index contributed by atoms with van der Waals surface area (Å²) in [6.07, 6.45) is 32.3. The van der Waals surface area contributed by atoms with Gasteiger partial charge in [0.1, 0.15) is 30.5 Å². The summed E-state index contributed by atoms with van der Waals surface area (Å²) in [6, 6.07) is -0.999. The zero-order chi connectivity index (χ0) is 40.4. The molecule has 322 valence electrons. The molecule has 1 rings (SSSR count). The molecule has 1 heterocycles. The molecule has 8 atom stereocenters. The molecule has 0 bridgehead atoms. The van der Waals surface area contributed by atoms with Gasteiger partial charge in [0, 0.05) is 0 Å². The molecule has 7 N–H and O–H groups in total. The van der Waals surface area contributed by atoms with E-state index in [1.165, 1.54) is 103 Å². The maximum Gasteiger partial charge on any atom is 0.249 e. The molecule has 1 aliphatic rings. The van der Waals surface area contributed by atoms with Gasteiger partial charge in [-0.1, -0.05) is 159 Å². The lowest BCUT2D eigenvalue weighted by atomic mass is 9.99. The van der Waals surface area contributed by atoms with Crippen LogP contribution in [0.25, 0.3) is 0 Å². The Balaban J connectivity index is 2.48. The van der Waals surface area contributed by atoms with E-state index in [-0.39, 0.29) is 13.0 Å². The molecule has 10 nitrogen and oxygen atoms in total. The Hall–Kier alpha value is -1.63. The fraction of sp³-hybridized carbons (Fsp3) is 0.844. The Morgan fingerprint density at radius 2 is 1.07 bits per heavy atom. The minimum absolute atomic E-state index is 0.289. The normalized spacial score (nSPS) is 22.2. The van der Waals surface area contributed by atoms with Crippen LogP contribution in [-0.4, -0.2) is 98.7 Å². The first-order valence-corrected chi connectivity index (χ1v) is 22.3. The molecule has 0 aromatic rings. The van der Waals surface area contributed by atoms with Crippen molar-refractivity contribution in [2.75, 3.05) is 13.2 Å². The van der Waals surface area contributed by atoms with E-state index in [0.29, 0.717) is 12.8 Å². The molecule has 1 fully saturated rings. The van der Waals surface area contributed by atoms with E-state index in [0.717, 1.165) is 44.9 Å². The lowest BCUT2D eigenvalue weighted by Gasteiger charge is -2.40. The van der Waals surface area contributed by atoms with Gasteiger partial charge in [-0.2, -0.15) is 0 Å². The highest BCUT2D eigenvalue weighted by Gasteiger charge is 2.44. The van der Waals surface area contributed by atoms with Crippen LogP contribution in [0.2, 0.25) is 0 Å². The zero-order valence-electron chi connectivity index (χ0n) is 34.8. The summed E-state index contributed by atoms with van der Waals surface area (Å²) in [7, 11) is 0. The van der Waals surface area contributed by atoms with Crippen molar-refractivity contribution in [2.24, 2.45) is 0 Å². The Morgan fingerprint density at radius 1 is 0.618 bits per heavy atom. The molecule has 0 aliphatic carbocycles. The number of ether oxygens (including phenoxy) is 2. The summed E-state index contributed by atoms with van der Waals surface area (Å²) < 4.78 is 11.1. The summed E-state index contributed by atoms with van der Waals surface area (Å²) in [5.41, 5.74) is 0. The smallest absolute Gasteiger partial charge is 0.249 e. The topological polar surface area (TPSA) is 169 Å². The first kappa shape index (κ1) is 51.4. The molecule has 1 amide bonds. The second kappa shape index (κ2) is 35.5. The minimum atomic E-state index is -1.62. The largest absolute Gasteiger partial charge is 0.394 e. The lowest BCUT2D eigenvalue weighted by Crippen LogP contribution is -2.60. The number of amides is 1. The molecule has 1 aliphatic heterocycles. The molecule has 10 heteroatoms. The number of aliphatic hydroxyl groups excluding tert-OH is 6. The highest BCUT2D eigenvalue weighted by atomic mass is 16.7. The summed E-state index contributed by atoms with van der Waals surface area (Å²) in [5, 5.41) is 64.5. The molecule has 0 saturated carbocycles. The van der Waals surface area contributed by atoms with Crippen LogP contribution in [0, 0.1) is 0 Å². The van der Waals surface area contributed by atoms with E-state index in [2.05, 4.69) is 43.5 Å². The Kier molecular flexibility index (Phi) is 33.2. The van der Waals surface area contributed by atoms with Crippen LogP contribution in [0.15, 0.2) is 36.5 Å². The van der Waals surface area contributed by atoms with Crippen molar-refractivity contribution in [3.8, 4) is 0 Å². The van der Waals surface area contributed by atoms with Crippen molar-refractivity contribution in [3.63, 3.8) is 0 Å². The molecule has 0 aromatic heterocycles. The number of hydrogen-bond donors (Lipinski definition) is 7. The van der Waals surface area contributed by atoms with Crippen LogP contribution < -0.4 is 5.32 Å². The van der Waals surface area contributed by atoms with Gasteiger partial charge in [0.05, 0.1) is 25.4 Å². The van der Waals surface area contributed by atoms with Crippen LogP contribution >= 0.6 is 0 Å². The predicted molar refractivity (Wildman–Crippen MR) is 222 cm³/mol. The van der Waals surface area contributed by atoms with Crippen LogP contribution in [0.5, 0.6) is 0 Å². The van der Waals surface area contributed by atoms with E-state index in [9.17, 15) is 35.4 Å². The SMILES string of the molecule is CCCCCCCCC/C=C\CCCCCCC(O)C(=O)NC(COC1OC(CO)C(O)C(O)C1O)C(O)/C=C/CC/C=C/CCCCCCCCCCC. The van der Waals surface area contributed by atoms with E-state index < -0.39 is 61.5 Å². The molecule has 0 aromatic carbocycles. The number of hydrogen-bond acceptors (Lipinski definition) is 9. The highest BCUT2D eigenvalue weighted by molar-refractivity contribution is 5.80. The van der Waals surface area contributed by atoms with Gasteiger partial charge in [-0.3, -0.25) is 4.79 Å². The Bertz CT molecular complexity index is 974. The van der Waals surface area contributed by atoms with Crippen LogP contribution in [0.3, 0.4) is 0 Å². The lowest BCUT2D eigenvalue weighted by molar-refractivity contribution is -0.302. The monoisotopic (exact) mass is 782 g/mol. The average molecular weight is 782 g/mol. The third-order valence-electron chi connectivity index (χ3n) is 10.5. The van der Waals surface area contributed by atoms with Gasteiger partial charge < -0.3 is 45.4 Å². The number of unbranched alkanes of at least 4 members (excludes halogenated alkanes) is 21. The van der Waals surface area contributed by atoms with E-state index in [1.54, 1.807) is 6.08 Å². The van der Waals surface area contributed by atoms with E-state index >= 15 is 0 Å². The fourth-order valence-corrected chi connectivity index (χ4v) is 6.82. The van der Waals surface area contributed by atoms with Crippen molar-refractivity contribution in [1.29, 1.82) is 0 Å². The second-order valence-corrected chi connectivity index (χ2v) is 15.6. The average Bonchev–Trinajstić information content (AvgIpc) is 3.18. The third-order valence-corrected chi connectivity index (χ3v) is 10.5. The molecule has 55 heavy (non-hydrogen) atoms. The number of nitrogens with one attached hydrogen (secondary N) is 1. The highest BCUT2D eigenvalue weighted by Crippen LogP contribution is 2.22. The summed E-state index contributed by atoms with van der Waals surface area (Å²) >= 11 is 0. The Morgan fingerprint density at radius 3 is 1.58 bits per heavy atom. The molecular formula is C45H83NO9. The Labute approximate surface area is 334 Å². The quantitative estimate of drug-likeness (QED) is 0.0247. The maximum atomic E-state index is 13.0. The van der Waals surface area contributed by atoms with Gasteiger partial charge in [-0.25, -0.2) is 0 Å². The number of carbonyl (C=O) groups is 1. The van der Waals surface area contributed by atoms with Crippen molar-refractivity contribution in [1.82, 2.24) is 5.32 Å². The number of rotatable bonds is 36. The van der Waals surface area contributed by atoms with E-state index in [1.807, 2.05) is 6.08 Å². The summed E-state index contributed by atoms with van der Waals surface area (Å²) in [5.74, 6) is -0.637. The van der Waals surface area contributed by atoms with Gasteiger partial charge in [-0.05, 0) is 57.8 Å². The molecule has 8 unspecified atom stereocenters. The van der Waals surface area contributed by atoms with Gasteiger partial charge in [0.25, 0.3) is 0 Å². The minimum Gasteiger partial charge on any atom is -0.394 e. The van der Waals surface area contributed by atoms with E-state index in [4.69, 9.17) is 9.47 Å². The van der Waals surface area contributed by atoms with Crippen molar-refractivity contribution < 1.29 is 44.9 Å². The van der Waals surface area contributed by atoms with Gasteiger partial charge in [-0.15, -0.1) is 0 Å². The third kappa shape index (κ3) is 26.1. The summed E-state index contributed by atoms with van der Waals surface area (Å²) in [4.78, 5) is 13.0. The van der Waals surface area contributed by atoms with Gasteiger partial charge >= 0.3 is 0 Å². The zero-order valence-corrected chi connectivity index (χ0v) is 34.8. The first-order valence-electron chi connectivity index (χ1n) is 22.3.